The van der Waals surface area contributed by atoms with E-state index >= 15 is 0 Å². The summed E-state index contributed by atoms with van der Waals surface area (Å²) in [6.45, 7) is 0. The molecule has 66 valence electrons. The molecule has 0 amide bonds. The highest BCUT2D eigenvalue weighted by molar-refractivity contribution is 7.13. The summed E-state index contributed by atoms with van der Waals surface area (Å²) in [6, 6.07) is 0. The second-order valence-electron chi connectivity index (χ2n) is 2.45. The fourth-order valence-corrected chi connectivity index (χ4v) is 1.31. The molecule has 2 rings (SSSR count). The summed E-state index contributed by atoms with van der Waals surface area (Å²) in [4.78, 5) is 0. The van der Waals surface area contributed by atoms with Crippen LogP contribution in [0.4, 0.5) is 5.13 Å². The minimum Gasteiger partial charge on any atom is -0.251 e. The van der Waals surface area contributed by atoms with Crippen molar-refractivity contribution in [2.24, 2.45) is 5.10 Å². The molecule has 1 aromatic rings. The maximum atomic E-state index is 4.16. The largest absolute Gasteiger partial charge is 0.251 e. The molecule has 0 spiro atoms. The van der Waals surface area contributed by atoms with E-state index in [9.17, 15) is 0 Å². The lowest BCUT2D eigenvalue weighted by Crippen LogP contribution is -1.99. The third-order valence-electron chi connectivity index (χ3n) is 1.52. The Hall–Kier alpha value is -1.49. The predicted molar refractivity (Wildman–Crippen MR) is 53.9 cm³/mol. The molecule has 1 N–H and O–H groups in total. The predicted octanol–water partition coefficient (Wildman–Crippen LogP) is 1.82. The summed E-state index contributed by atoms with van der Waals surface area (Å²) in [5.74, 6) is 0. The number of hydrazone groups is 1. The zero-order valence-electron chi connectivity index (χ0n) is 6.84. The Morgan fingerprint density at radius 2 is 2.46 bits per heavy atom. The van der Waals surface area contributed by atoms with Gasteiger partial charge in [0.25, 0.3) is 0 Å². The van der Waals surface area contributed by atoms with Crippen LogP contribution in [0, 0.1) is 0 Å². The van der Waals surface area contributed by atoms with Crippen LogP contribution in [0.5, 0.6) is 0 Å². The molecular weight excluding hydrogens is 184 g/mol. The van der Waals surface area contributed by atoms with E-state index in [1.54, 1.807) is 5.51 Å². The molecule has 0 saturated carbocycles. The van der Waals surface area contributed by atoms with E-state index in [2.05, 4.69) is 26.8 Å². The highest BCUT2D eigenvalue weighted by Gasteiger charge is 1.96. The lowest BCUT2D eigenvalue weighted by molar-refractivity contribution is 1.08. The Morgan fingerprint density at radius 3 is 3.15 bits per heavy atom. The summed E-state index contributed by atoms with van der Waals surface area (Å²) < 4.78 is 0. The number of hydrogen-bond acceptors (Lipinski definition) is 5. The molecule has 0 unspecified atom stereocenters. The SMILES string of the molecule is C1=CC/C(=N\Nc2nncs2)C=C1. The van der Waals surface area contributed by atoms with Crippen molar-refractivity contribution in [3.8, 4) is 0 Å². The quantitative estimate of drug-likeness (QED) is 0.727. The van der Waals surface area contributed by atoms with Gasteiger partial charge >= 0.3 is 0 Å². The number of nitrogens with zero attached hydrogens (tertiary/aromatic N) is 3. The average molecular weight is 192 g/mol. The van der Waals surface area contributed by atoms with Gasteiger partial charge in [-0.1, -0.05) is 29.6 Å². The van der Waals surface area contributed by atoms with E-state index in [4.69, 9.17) is 0 Å². The van der Waals surface area contributed by atoms with Crippen LogP contribution in [0.15, 0.2) is 34.9 Å². The molecule has 0 bridgehead atoms. The highest BCUT2D eigenvalue weighted by Crippen LogP contribution is 2.08. The standard InChI is InChI=1S/C8H8N4S/c1-2-4-7(5-3-1)10-12-8-11-9-6-13-8/h1-4,6H,5H2,(H,11,12)/b10-7-. The molecular formula is C8H8N4S. The van der Waals surface area contributed by atoms with Crippen molar-refractivity contribution in [3.05, 3.63) is 29.8 Å². The Bertz CT molecular complexity index is 350. The summed E-state index contributed by atoms with van der Waals surface area (Å²) >= 11 is 1.43. The summed E-state index contributed by atoms with van der Waals surface area (Å²) in [6.07, 6.45) is 8.85. The Labute approximate surface area is 79.7 Å². The van der Waals surface area contributed by atoms with E-state index in [-0.39, 0.29) is 0 Å². The van der Waals surface area contributed by atoms with Crippen LogP contribution in [-0.2, 0) is 0 Å². The Morgan fingerprint density at radius 1 is 1.46 bits per heavy atom. The highest BCUT2D eigenvalue weighted by atomic mass is 32.1. The Balaban J connectivity index is 1.98. The number of anilines is 1. The van der Waals surface area contributed by atoms with Gasteiger partial charge in [-0.2, -0.15) is 5.10 Å². The fraction of sp³-hybridized carbons (Fsp3) is 0.125. The third kappa shape index (κ3) is 2.22. The minimum absolute atomic E-state index is 0.718. The van der Waals surface area contributed by atoms with Gasteiger partial charge in [-0.3, -0.25) is 5.43 Å². The van der Waals surface area contributed by atoms with Gasteiger partial charge in [0.05, 0.1) is 5.71 Å². The summed E-state index contributed by atoms with van der Waals surface area (Å²) in [7, 11) is 0. The van der Waals surface area contributed by atoms with Crippen LogP contribution >= 0.6 is 11.3 Å². The average Bonchev–Trinajstić information content (AvgIpc) is 2.69. The normalized spacial score (nSPS) is 18.0. The van der Waals surface area contributed by atoms with Crippen molar-refractivity contribution in [3.63, 3.8) is 0 Å². The molecule has 1 aliphatic carbocycles. The molecule has 0 saturated heterocycles. The van der Waals surface area contributed by atoms with Crippen molar-refractivity contribution in [2.75, 3.05) is 5.43 Å². The number of rotatable bonds is 2. The van der Waals surface area contributed by atoms with E-state index in [1.807, 2.05) is 18.2 Å². The van der Waals surface area contributed by atoms with Crippen LogP contribution in [0.2, 0.25) is 0 Å². The van der Waals surface area contributed by atoms with Gasteiger partial charge in [0, 0.05) is 6.42 Å². The number of hydrogen-bond donors (Lipinski definition) is 1. The van der Waals surface area contributed by atoms with Gasteiger partial charge in [0.2, 0.25) is 5.13 Å². The van der Waals surface area contributed by atoms with Crippen LogP contribution < -0.4 is 5.43 Å². The molecule has 0 radical (unpaired) electrons. The molecule has 1 aromatic heterocycles. The van der Waals surface area contributed by atoms with Crippen molar-refractivity contribution in [2.45, 2.75) is 6.42 Å². The molecule has 5 heteroatoms. The number of aromatic nitrogens is 2. The van der Waals surface area contributed by atoms with Crippen molar-refractivity contribution in [1.29, 1.82) is 0 Å². The van der Waals surface area contributed by atoms with Crippen LogP contribution in [0.25, 0.3) is 0 Å². The van der Waals surface area contributed by atoms with Gasteiger partial charge in [-0.05, 0) is 6.08 Å². The molecule has 13 heavy (non-hydrogen) atoms. The van der Waals surface area contributed by atoms with Crippen LogP contribution in [0.3, 0.4) is 0 Å². The van der Waals surface area contributed by atoms with Crippen LogP contribution in [-0.4, -0.2) is 15.9 Å². The topological polar surface area (TPSA) is 50.2 Å². The monoisotopic (exact) mass is 192 g/mol. The smallest absolute Gasteiger partial charge is 0.225 e. The minimum atomic E-state index is 0.718. The molecule has 1 aliphatic rings. The number of allylic oxidation sites excluding steroid dienone is 4. The van der Waals surface area contributed by atoms with Crippen LogP contribution in [0.1, 0.15) is 6.42 Å². The lowest BCUT2D eigenvalue weighted by Gasteiger charge is -2.00. The van der Waals surface area contributed by atoms with Crippen molar-refractivity contribution < 1.29 is 0 Å². The third-order valence-corrected chi connectivity index (χ3v) is 2.11. The first-order chi connectivity index (χ1) is 6.45. The summed E-state index contributed by atoms with van der Waals surface area (Å²) in [5.41, 5.74) is 5.51. The van der Waals surface area contributed by atoms with Gasteiger partial charge in [0.15, 0.2) is 0 Å². The molecule has 0 fully saturated rings. The maximum Gasteiger partial charge on any atom is 0.225 e. The molecule has 0 aliphatic heterocycles. The summed E-state index contributed by atoms with van der Waals surface area (Å²) in [5, 5.41) is 12.4. The van der Waals surface area contributed by atoms with Crippen molar-refractivity contribution in [1.82, 2.24) is 10.2 Å². The molecule has 0 aromatic carbocycles. The van der Waals surface area contributed by atoms with E-state index < -0.39 is 0 Å². The first-order valence-corrected chi connectivity index (χ1v) is 4.75. The zero-order chi connectivity index (χ0) is 8.93. The number of nitrogens with one attached hydrogen (secondary N) is 1. The Kier molecular flexibility index (Phi) is 2.47. The first kappa shape index (κ1) is 8.12. The van der Waals surface area contributed by atoms with Crippen molar-refractivity contribution >= 4 is 22.2 Å². The van der Waals surface area contributed by atoms with Gasteiger partial charge < -0.3 is 0 Å². The zero-order valence-corrected chi connectivity index (χ0v) is 7.66. The van der Waals surface area contributed by atoms with Gasteiger partial charge in [-0.15, -0.1) is 10.2 Å². The maximum absolute atomic E-state index is 4.16. The molecule has 1 heterocycles. The second kappa shape index (κ2) is 3.95. The first-order valence-electron chi connectivity index (χ1n) is 3.87. The van der Waals surface area contributed by atoms with E-state index in [0.29, 0.717) is 0 Å². The fourth-order valence-electron chi connectivity index (χ4n) is 0.926. The van der Waals surface area contributed by atoms with Gasteiger partial charge in [-0.25, -0.2) is 0 Å². The molecule has 0 atom stereocenters. The molecule has 4 nitrogen and oxygen atoms in total. The van der Waals surface area contributed by atoms with E-state index in [0.717, 1.165) is 17.3 Å². The lowest BCUT2D eigenvalue weighted by atomic mass is 10.2. The second-order valence-corrected chi connectivity index (χ2v) is 3.28. The van der Waals surface area contributed by atoms with Gasteiger partial charge in [0.1, 0.15) is 5.51 Å². The van der Waals surface area contributed by atoms with E-state index in [1.165, 1.54) is 11.3 Å².